The molecule has 104 valence electrons. The molecule has 6 heteroatoms. The second-order valence-electron chi connectivity index (χ2n) is 4.27. The Morgan fingerprint density at radius 3 is 2.90 bits per heavy atom. The van der Waals surface area contributed by atoms with Gasteiger partial charge in [-0.15, -0.1) is 0 Å². The SMILES string of the molecule is Clc1cccc(NCc2cc(Br)c3c(c2)OCO3)c1Cl. The number of fused-ring (bicyclic) bond motifs is 1. The molecule has 0 spiro atoms. The van der Waals surface area contributed by atoms with E-state index in [2.05, 4.69) is 21.2 Å². The summed E-state index contributed by atoms with van der Waals surface area (Å²) in [6.07, 6.45) is 0. The smallest absolute Gasteiger partial charge is 0.231 e. The Balaban J connectivity index is 1.79. The molecule has 2 aromatic rings. The quantitative estimate of drug-likeness (QED) is 0.810. The fraction of sp³-hybridized carbons (Fsp3) is 0.143. The Labute approximate surface area is 134 Å². The summed E-state index contributed by atoms with van der Waals surface area (Å²) in [5.41, 5.74) is 1.85. The van der Waals surface area contributed by atoms with Gasteiger partial charge in [-0.2, -0.15) is 0 Å². The van der Waals surface area contributed by atoms with Crippen molar-refractivity contribution in [1.29, 1.82) is 0 Å². The normalized spacial score (nSPS) is 12.6. The summed E-state index contributed by atoms with van der Waals surface area (Å²) < 4.78 is 11.6. The van der Waals surface area contributed by atoms with E-state index in [0.717, 1.165) is 27.2 Å². The minimum absolute atomic E-state index is 0.255. The first-order valence-electron chi connectivity index (χ1n) is 5.91. The van der Waals surface area contributed by atoms with Crippen molar-refractivity contribution in [2.45, 2.75) is 6.54 Å². The van der Waals surface area contributed by atoms with E-state index in [0.29, 0.717) is 16.6 Å². The van der Waals surface area contributed by atoms with E-state index in [-0.39, 0.29) is 6.79 Å². The number of halogens is 3. The Morgan fingerprint density at radius 1 is 1.20 bits per heavy atom. The number of rotatable bonds is 3. The number of hydrogen-bond acceptors (Lipinski definition) is 3. The molecule has 0 aromatic heterocycles. The van der Waals surface area contributed by atoms with Crippen LogP contribution >= 0.6 is 39.1 Å². The highest BCUT2D eigenvalue weighted by Gasteiger charge is 2.17. The van der Waals surface area contributed by atoms with Gasteiger partial charge >= 0.3 is 0 Å². The lowest BCUT2D eigenvalue weighted by molar-refractivity contribution is 0.173. The number of ether oxygens (including phenoxy) is 2. The van der Waals surface area contributed by atoms with E-state index in [1.165, 1.54) is 0 Å². The molecule has 1 heterocycles. The largest absolute Gasteiger partial charge is 0.454 e. The van der Waals surface area contributed by atoms with E-state index in [1.807, 2.05) is 24.3 Å². The second kappa shape index (κ2) is 5.72. The summed E-state index contributed by atoms with van der Waals surface area (Å²) in [5, 5.41) is 4.31. The maximum atomic E-state index is 6.14. The third kappa shape index (κ3) is 2.68. The van der Waals surface area contributed by atoms with Gasteiger partial charge in [-0.1, -0.05) is 29.3 Å². The molecule has 1 aliphatic rings. The molecule has 1 aliphatic heterocycles. The van der Waals surface area contributed by atoms with Crippen molar-refractivity contribution in [1.82, 2.24) is 0 Å². The van der Waals surface area contributed by atoms with E-state index in [9.17, 15) is 0 Å². The molecule has 2 aromatic carbocycles. The van der Waals surface area contributed by atoms with Crippen LogP contribution in [0.1, 0.15) is 5.56 Å². The van der Waals surface area contributed by atoms with Gasteiger partial charge in [0.15, 0.2) is 11.5 Å². The van der Waals surface area contributed by atoms with Crippen LogP contribution < -0.4 is 14.8 Å². The maximum Gasteiger partial charge on any atom is 0.231 e. The van der Waals surface area contributed by atoms with Crippen LogP contribution in [0.3, 0.4) is 0 Å². The molecule has 0 atom stereocenters. The van der Waals surface area contributed by atoms with Crippen molar-refractivity contribution in [3.05, 3.63) is 50.4 Å². The Bertz CT molecular complexity index is 664. The van der Waals surface area contributed by atoms with Crippen molar-refractivity contribution in [3.8, 4) is 11.5 Å². The predicted octanol–water partition coefficient (Wildman–Crippen LogP) is 5.10. The molecule has 0 amide bonds. The van der Waals surface area contributed by atoms with Crippen molar-refractivity contribution in [2.75, 3.05) is 12.1 Å². The average molecular weight is 375 g/mol. The lowest BCUT2D eigenvalue weighted by Gasteiger charge is -2.10. The van der Waals surface area contributed by atoms with E-state index < -0.39 is 0 Å². The van der Waals surface area contributed by atoms with E-state index >= 15 is 0 Å². The molecule has 0 aliphatic carbocycles. The van der Waals surface area contributed by atoms with Crippen molar-refractivity contribution < 1.29 is 9.47 Å². The van der Waals surface area contributed by atoms with Gasteiger partial charge in [-0.05, 0) is 45.8 Å². The van der Waals surface area contributed by atoms with Crippen molar-refractivity contribution >= 4 is 44.8 Å². The van der Waals surface area contributed by atoms with Crippen LogP contribution in [0.5, 0.6) is 11.5 Å². The number of anilines is 1. The fourth-order valence-corrected chi connectivity index (χ4v) is 2.93. The molecule has 0 fully saturated rings. The number of benzene rings is 2. The van der Waals surface area contributed by atoms with Gasteiger partial charge in [-0.3, -0.25) is 0 Å². The highest BCUT2D eigenvalue weighted by molar-refractivity contribution is 9.10. The zero-order valence-corrected chi connectivity index (χ0v) is 13.3. The van der Waals surface area contributed by atoms with Gasteiger partial charge in [0, 0.05) is 6.54 Å². The van der Waals surface area contributed by atoms with Crippen LogP contribution in [0.25, 0.3) is 0 Å². The van der Waals surface area contributed by atoms with Gasteiger partial charge in [0.2, 0.25) is 6.79 Å². The number of nitrogens with one attached hydrogen (secondary N) is 1. The van der Waals surface area contributed by atoms with Crippen LogP contribution in [0.2, 0.25) is 10.0 Å². The van der Waals surface area contributed by atoms with Crippen LogP contribution in [-0.2, 0) is 6.54 Å². The zero-order chi connectivity index (χ0) is 14.1. The summed E-state index contributed by atoms with van der Waals surface area (Å²) >= 11 is 15.6. The molecule has 20 heavy (non-hydrogen) atoms. The van der Waals surface area contributed by atoms with Crippen LogP contribution in [0.15, 0.2) is 34.8 Å². The Hall–Kier alpha value is -1.10. The van der Waals surface area contributed by atoms with E-state index in [4.69, 9.17) is 32.7 Å². The van der Waals surface area contributed by atoms with Gasteiger partial charge < -0.3 is 14.8 Å². The fourth-order valence-electron chi connectivity index (χ4n) is 1.96. The minimum Gasteiger partial charge on any atom is -0.454 e. The minimum atomic E-state index is 0.255. The molecule has 0 saturated carbocycles. The van der Waals surface area contributed by atoms with Gasteiger partial charge in [0.05, 0.1) is 20.2 Å². The molecular formula is C14H10BrCl2NO2. The first-order valence-corrected chi connectivity index (χ1v) is 7.46. The first kappa shape index (κ1) is 13.9. The Morgan fingerprint density at radius 2 is 2.05 bits per heavy atom. The lowest BCUT2D eigenvalue weighted by atomic mass is 10.2. The highest BCUT2D eigenvalue weighted by atomic mass is 79.9. The first-order chi connectivity index (χ1) is 9.65. The Kier molecular flexibility index (Phi) is 3.96. The molecule has 0 unspecified atom stereocenters. The number of hydrogen-bond donors (Lipinski definition) is 1. The van der Waals surface area contributed by atoms with Gasteiger partial charge in [0.25, 0.3) is 0 Å². The monoisotopic (exact) mass is 373 g/mol. The summed E-state index contributed by atoms with van der Waals surface area (Å²) in [7, 11) is 0. The maximum absolute atomic E-state index is 6.14. The second-order valence-corrected chi connectivity index (χ2v) is 5.91. The van der Waals surface area contributed by atoms with Crippen LogP contribution in [-0.4, -0.2) is 6.79 Å². The third-order valence-electron chi connectivity index (χ3n) is 2.92. The van der Waals surface area contributed by atoms with E-state index in [1.54, 1.807) is 6.07 Å². The topological polar surface area (TPSA) is 30.5 Å². The third-order valence-corrected chi connectivity index (χ3v) is 4.33. The van der Waals surface area contributed by atoms with Crippen LogP contribution in [0.4, 0.5) is 5.69 Å². The van der Waals surface area contributed by atoms with Crippen LogP contribution in [0, 0.1) is 0 Å². The zero-order valence-electron chi connectivity index (χ0n) is 10.3. The highest BCUT2D eigenvalue weighted by Crippen LogP contribution is 2.40. The molecule has 0 radical (unpaired) electrons. The van der Waals surface area contributed by atoms with Gasteiger partial charge in [0.1, 0.15) is 0 Å². The summed E-state index contributed by atoms with van der Waals surface area (Å²) in [5.74, 6) is 1.49. The summed E-state index contributed by atoms with van der Waals surface area (Å²) in [6.45, 7) is 0.861. The van der Waals surface area contributed by atoms with Crippen molar-refractivity contribution in [3.63, 3.8) is 0 Å². The predicted molar refractivity (Wildman–Crippen MR) is 84.1 cm³/mol. The molecular weight excluding hydrogens is 365 g/mol. The molecule has 3 nitrogen and oxygen atoms in total. The molecule has 0 bridgehead atoms. The van der Waals surface area contributed by atoms with Gasteiger partial charge in [-0.25, -0.2) is 0 Å². The summed E-state index contributed by atoms with van der Waals surface area (Å²) in [6, 6.07) is 9.42. The van der Waals surface area contributed by atoms with Crippen molar-refractivity contribution in [2.24, 2.45) is 0 Å². The summed E-state index contributed by atoms with van der Waals surface area (Å²) in [4.78, 5) is 0. The molecule has 0 saturated heterocycles. The standard InChI is InChI=1S/C14H10BrCl2NO2/c15-9-4-8(5-12-14(9)20-7-19-12)6-18-11-3-1-2-10(16)13(11)17/h1-5,18H,6-7H2. The molecule has 3 rings (SSSR count). The molecule has 1 N–H and O–H groups in total. The average Bonchev–Trinajstić information content (AvgIpc) is 2.89. The lowest BCUT2D eigenvalue weighted by Crippen LogP contribution is -2.00.